The molecule has 0 aliphatic rings. The van der Waals surface area contributed by atoms with Crippen LogP contribution in [0.1, 0.15) is 27.5 Å². The van der Waals surface area contributed by atoms with Gasteiger partial charge in [-0.2, -0.15) is 5.10 Å². The standard InChI is InChI=1S/C24H20N6O4/c31-21(8-7-18-11-25-14-27-23(18)33)26-13-20(29-24(34)19-10-22(32)30-28-12-19)17-6-5-15-3-1-2-4-16(15)9-17/h1-12,14,20H,13H2,(H,26,31)(H,29,34)(H,30,32)(H,25,27,33)/b8-7+. The zero-order valence-corrected chi connectivity index (χ0v) is 17.8. The number of carbonyl (C=O) groups excluding carboxylic acids is 2. The number of aromatic amines is 2. The summed E-state index contributed by atoms with van der Waals surface area (Å²) in [6.07, 6.45) is 6.42. The van der Waals surface area contributed by atoms with Crippen LogP contribution in [0.5, 0.6) is 0 Å². The first-order valence-electron chi connectivity index (χ1n) is 10.3. The molecule has 0 spiro atoms. The molecule has 0 bridgehead atoms. The Morgan fingerprint density at radius 1 is 1.03 bits per heavy atom. The van der Waals surface area contributed by atoms with Crippen molar-refractivity contribution in [1.82, 2.24) is 30.8 Å². The molecule has 1 unspecified atom stereocenters. The minimum Gasteiger partial charge on any atom is -0.350 e. The van der Waals surface area contributed by atoms with Gasteiger partial charge in [-0.3, -0.25) is 19.2 Å². The number of rotatable bonds is 7. The highest BCUT2D eigenvalue weighted by Crippen LogP contribution is 2.20. The van der Waals surface area contributed by atoms with Gasteiger partial charge in [0.15, 0.2) is 0 Å². The Kier molecular flexibility index (Phi) is 6.68. The number of fused-ring (bicyclic) bond motifs is 1. The van der Waals surface area contributed by atoms with Gasteiger partial charge in [-0.25, -0.2) is 10.1 Å². The molecular weight excluding hydrogens is 436 g/mol. The van der Waals surface area contributed by atoms with Gasteiger partial charge in [0, 0.05) is 24.9 Å². The topological polar surface area (TPSA) is 150 Å². The minimum atomic E-state index is -0.601. The van der Waals surface area contributed by atoms with Crippen LogP contribution in [0.25, 0.3) is 16.8 Å². The fraction of sp³-hybridized carbons (Fsp3) is 0.0833. The lowest BCUT2D eigenvalue weighted by Crippen LogP contribution is -2.37. The average molecular weight is 456 g/mol. The van der Waals surface area contributed by atoms with Crippen LogP contribution in [0.15, 0.2) is 82.9 Å². The quantitative estimate of drug-likeness (QED) is 0.308. The number of benzene rings is 2. The second-order valence-corrected chi connectivity index (χ2v) is 7.38. The molecule has 10 nitrogen and oxygen atoms in total. The molecule has 2 aromatic heterocycles. The third kappa shape index (κ3) is 5.49. The van der Waals surface area contributed by atoms with Crippen LogP contribution in [0, 0.1) is 0 Å². The molecule has 4 rings (SSSR count). The normalized spacial score (nSPS) is 11.9. The highest BCUT2D eigenvalue weighted by molar-refractivity contribution is 5.94. The van der Waals surface area contributed by atoms with E-state index in [4.69, 9.17) is 0 Å². The summed E-state index contributed by atoms with van der Waals surface area (Å²) in [7, 11) is 0. The average Bonchev–Trinajstić information content (AvgIpc) is 2.85. The Labute approximate surface area is 192 Å². The molecule has 2 heterocycles. The van der Waals surface area contributed by atoms with E-state index in [-0.39, 0.29) is 23.2 Å². The van der Waals surface area contributed by atoms with Crippen LogP contribution in [-0.4, -0.2) is 38.5 Å². The second kappa shape index (κ2) is 10.2. The molecular formula is C24H20N6O4. The van der Waals surface area contributed by atoms with Crippen LogP contribution >= 0.6 is 0 Å². The number of aromatic nitrogens is 4. The molecule has 10 heteroatoms. The van der Waals surface area contributed by atoms with E-state index in [1.54, 1.807) is 0 Å². The van der Waals surface area contributed by atoms with E-state index >= 15 is 0 Å². The largest absolute Gasteiger partial charge is 0.350 e. The lowest BCUT2D eigenvalue weighted by Gasteiger charge is -2.20. The Bertz CT molecular complexity index is 1490. The minimum absolute atomic E-state index is 0.0628. The van der Waals surface area contributed by atoms with Gasteiger partial charge in [0.25, 0.3) is 17.0 Å². The summed E-state index contributed by atoms with van der Waals surface area (Å²) in [6, 6.07) is 14.0. The SMILES string of the molecule is O=C(/C=C/c1cnc[nH]c1=O)NCC(NC(=O)c1cn[nH]c(=O)c1)c1ccc2ccccc2c1. The molecule has 2 amide bonds. The monoisotopic (exact) mass is 456 g/mol. The molecule has 34 heavy (non-hydrogen) atoms. The highest BCUT2D eigenvalue weighted by Gasteiger charge is 2.18. The van der Waals surface area contributed by atoms with Gasteiger partial charge in [0.1, 0.15) is 0 Å². The third-order valence-electron chi connectivity index (χ3n) is 5.05. The molecule has 0 fully saturated rings. The van der Waals surface area contributed by atoms with Crippen molar-refractivity contribution >= 4 is 28.7 Å². The van der Waals surface area contributed by atoms with E-state index in [1.165, 1.54) is 30.9 Å². The van der Waals surface area contributed by atoms with Crippen molar-refractivity contribution in [3.05, 3.63) is 111 Å². The maximum absolute atomic E-state index is 12.8. The van der Waals surface area contributed by atoms with Gasteiger partial charge in [0.2, 0.25) is 5.91 Å². The fourth-order valence-corrected chi connectivity index (χ4v) is 3.32. The lowest BCUT2D eigenvalue weighted by atomic mass is 10.0. The van der Waals surface area contributed by atoms with Crippen LogP contribution < -0.4 is 21.8 Å². The number of amides is 2. The Balaban J connectivity index is 1.54. The zero-order valence-electron chi connectivity index (χ0n) is 17.8. The summed E-state index contributed by atoms with van der Waals surface area (Å²) in [6.45, 7) is 0.0628. The molecule has 4 N–H and O–H groups in total. The van der Waals surface area contributed by atoms with Crippen LogP contribution in [0.3, 0.4) is 0 Å². The Hall–Kier alpha value is -4.86. The van der Waals surface area contributed by atoms with Gasteiger partial charge in [0.05, 0.1) is 29.7 Å². The van der Waals surface area contributed by atoms with Gasteiger partial charge in [-0.05, 0) is 28.5 Å². The maximum Gasteiger partial charge on any atom is 0.264 e. The van der Waals surface area contributed by atoms with Gasteiger partial charge in [-0.1, -0.05) is 36.4 Å². The molecule has 1 atom stereocenters. The lowest BCUT2D eigenvalue weighted by molar-refractivity contribution is -0.116. The fourth-order valence-electron chi connectivity index (χ4n) is 3.32. The molecule has 170 valence electrons. The number of hydrogen-bond donors (Lipinski definition) is 4. The molecule has 0 aliphatic heterocycles. The smallest absolute Gasteiger partial charge is 0.264 e. The molecule has 2 aromatic carbocycles. The zero-order chi connectivity index (χ0) is 23.9. The molecule has 0 aliphatic carbocycles. The first kappa shape index (κ1) is 22.3. The Morgan fingerprint density at radius 3 is 2.65 bits per heavy atom. The van der Waals surface area contributed by atoms with Gasteiger partial charge in [-0.15, -0.1) is 0 Å². The summed E-state index contributed by atoms with van der Waals surface area (Å²) in [5.41, 5.74) is 0.221. The molecule has 4 aromatic rings. The van der Waals surface area contributed by atoms with Crippen molar-refractivity contribution in [1.29, 1.82) is 0 Å². The first-order chi connectivity index (χ1) is 16.5. The summed E-state index contributed by atoms with van der Waals surface area (Å²) >= 11 is 0. The second-order valence-electron chi connectivity index (χ2n) is 7.38. The van der Waals surface area contributed by atoms with E-state index < -0.39 is 23.4 Å². The molecule has 0 saturated carbocycles. The number of nitrogens with one attached hydrogen (secondary N) is 4. The summed E-state index contributed by atoms with van der Waals surface area (Å²) in [5, 5.41) is 13.5. The van der Waals surface area contributed by atoms with Crippen LogP contribution in [-0.2, 0) is 4.79 Å². The van der Waals surface area contributed by atoms with Crippen molar-refractivity contribution in [3.63, 3.8) is 0 Å². The van der Waals surface area contributed by atoms with Gasteiger partial charge < -0.3 is 15.6 Å². The van der Waals surface area contributed by atoms with E-state index in [2.05, 4.69) is 30.8 Å². The summed E-state index contributed by atoms with van der Waals surface area (Å²) < 4.78 is 0. The van der Waals surface area contributed by atoms with E-state index in [0.717, 1.165) is 22.4 Å². The van der Waals surface area contributed by atoms with E-state index in [0.29, 0.717) is 0 Å². The highest BCUT2D eigenvalue weighted by atomic mass is 16.2. The van der Waals surface area contributed by atoms with Crippen LogP contribution in [0.2, 0.25) is 0 Å². The number of nitrogens with zero attached hydrogens (tertiary/aromatic N) is 2. The van der Waals surface area contributed by atoms with Gasteiger partial charge >= 0.3 is 0 Å². The Morgan fingerprint density at radius 2 is 1.85 bits per heavy atom. The maximum atomic E-state index is 12.8. The molecule has 0 saturated heterocycles. The predicted molar refractivity (Wildman–Crippen MR) is 126 cm³/mol. The van der Waals surface area contributed by atoms with E-state index in [9.17, 15) is 19.2 Å². The van der Waals surface area contributed by atoms with Crippen molar-refractivity contribution in [2.75, 3.05) is 6.54 Å². The third-order valence-corrected chi connectivity index (χ3v) is 5.05. The van der Waals surface area contributed by atoms with Crippen molar-refractivity contribution in [3.8, 4) is 0 Å². The molecule has 0 radical (unpaired) electrons. The van der Waals surface area contributed by atoms with E-state index in [1.807, 2.05) is 42.5 Å². The number of H-pyrrole nitrogens is 2. The number of hydrogen-bond acceptors (Lipinski definition) is 6. The first-order valence-corrected chi connectivity index (χ1v) is 10.3. The van der Waals surface area contributed by atoms with Crippen molar-refractivity contribution < 1.29 is 9.59 Å². The summed E-state index contributed by atoms with van der Waals surface area (Å²) in [5.74, 6) is -0.968. The predicted octanol–water partition coefficient (Wildman–Crippen LogP) is 1.31. The van der Waals surface area contributed by atoms with Crippen LogP contribution in [0.4, 0.5) is 0 Å². The number of carbonyl (C=O) groups is 2. The van der Waals surface area contributed by atoms with Crippen molar-refractivity contribution in [2.45, 2.75) is 6.04 Å². The summed E-state index contributed by atoms with van der Waals surface area (Å²) in [4.78, 5) is 54.6. The van der Waals surface area contributed by atoms with Crippen molar-refractivity contribution in [2.24, 2.45) is 0 Å².